The smallest absolute Gasteiger partial charge is 0.263 e. The molecular weight excluding hydrogens is 346 g/mol. The predicted molar refractivity (Wildman–Crippen MR) is 106 cm³/mol. The first kappa shape index (κ1) is 17.3. The Morgan fingerprint density at radius 1 is 1.31 bits per heavy atom. The summed E-state index contributed by atoms with van der Waals surface area (Å²) in [6.07, 6.45) is 6.18. The molecule has 0 saturated carbocycles. The number of anilines is 1. The van der Waals surface area contributed by atoms with Crippen LogP contribution in [0.3, 0.4) is 0 Å². The minimum absolute atomic E-state index is 0.118. The number of furan rings is 1. The summed E-state index contributed by atoms with van der Waals surface area (Å²) in [4.78, 5) is 20.3. The Hall–Kier alpha value is -2.08. The quantitative estimate of drug-likeness (QED) is 0.702. The lowest BCUT2D eigenvalue weighted by Crippen LogP contribution is -2.26. The monoisotopic (exact) mass is 371 g/mol. The maximum Gasteiger partial charge on any atom is 0.263 e. The Balaban J connectivity index is 1.66. The molecule has 0 aliphatic heterocycles. The minimum Gasteiger partial charge on any atom is -0.466 e. The van der Waals surface area contributed by atoms with E-state index in [1.54, 1.807) is 11.3 Å². The molecule has 0 atom stereocenters. The molecule has 3 aromatic rings. The fourth-order valence-electron chi connectivity index (χ4n) is 3.72. The molecule has 3 aromatic heterocycles. The van der Waals surface area contributed by atoms with Crippen LogP contribution in [-0.4, -0.2) is 16.1 Å². The van der Waals surface area contributed by atoms with E-state index in [-0.39, 0.29) is 5.56 Å². The second-order valence-electron chi connectivity index (χ2n) is 6.97. The van der Waals surface area contributed by atoms with Crippen molar-refractivity contribution in [3.63, 3.8) is 0 Å². The molecule has 26 heavy (non-hydrogen) atoms. The van der Waals surface area contributed by atoms with E-state index >= 15 is 0 Å². The zero-order chi connectivity index (χ0) is 18.1. The molecule has 3 heterocycles. The van der Waals surface area contributed by atoms with Crippen molar-refractivity contribution in [2.75, 3.05) is 11.9 Å². The second kappa shape index (κ2) is 7.27. The van der Waals surface area contributed by atoms with Gasteiger partial charge >= 0.3 is 0 Å². The summed E-state index contributed by atoms with van der Waals surface area (Å²) in [6.45, 7) is 5.42. The molecule has 0 amide bonds. The van der Waals surface area contributed by atoms with Crippen molar-refractivity contribution in [3.8, 4) is 0 Å². The minimum atomic E-state index is 0.118. The molecule has 1 N–H and O–H groups in total. The highest BCUT2D eigenvalue weighted by molar-refractivity contribution is 7.18. The Kier molecular flexibility index (Phi) is 4.85. The van der Waals surface area contributed by atoms with Crippen molar-refractivity contribution >= 4 is 27.5 Å². The molecule has 1 aliphatic carbocycles. The molecule has 0 aromatic carbocycles. The van der Waals surface area contributed by atoms with Gasteiger partial charge in [0.25, 0.3) is 5.56 Å². The van der Waals surface area contributed by atoms with E-state index in [1.807, 2.05) is 23.6 Å². The largest absolute Gasteiger partial charge is 0.466 e. The first-order valence-corrected chi connectivity index (χ1v) is 10.3. The summed E-state index contributed by atoms with van der Waals surface area (Å²) in [5.74, 6) is 2.56. The molecule has 6 heteroatoms. The van der Waals surface area contributed by atoms with Gasteiger partial charge in [-0.2, -0.15) is 0 Å². The lowest BCUT2D eigenvalue weighted by atomic mass is 9.97. The molecule has 0 saturated heterocycles. The summed E-state index contributed by atoms with van der Waals surface area (Å²) in [5, 5.41) is 4.23. The van der Waals surface area contributed by atoms with E-state index < -0.39 is 0 Å². The van der Waals surface area contributed by atoms with Crippen molar-refractivity contribution in [1.29, 1.82) is 0 Å². The highest BCUT2D eigenvalue weighted by Gasteiger charge is 2.21. The van der Waals surface area contributed by atoms with Crippen LogP contribution in [0.5, 0.6) is 0 Å². The lowest BCUT2D eigenvalue weighted by Gasteiger charge is -2.14. The number of fused-ring (bicyclic) bond motifs is 3. The average Bonchev–Trinajstić information content (AvgIpc) is 3.21. The molecule has 0 spiro atoms. The zero-order valence-corrected chi connectivity index (χ0v) is 16.2. The van der Waals surface area contributed by atoms with Gasteiger partial charge in [-0.1, -0.05) is 6.92 Å². The third-order valence-electron chi connectivity index (χ3n) is 4.97. The van der Waals surface area contributed by atoms with Crippen molar-refractivity contribution in [2.45, 2.75) is 58.9 Å². The van der Waals surface area contributed by atoms with E-state index in [4.69, 9.17) is 9.40 Å². The summed E-state index contributed by atoms with van der Waals surface area (Å²) in [5.41, 5.74) is 1.38. The van der Waals surface area contributed by atoms with E-state index in [2.05, 4.69) is 12.2 Å². The average molecular weight is 372 g/mol. The molecule has 138 valence electrons. The van der Waals surface area contributed by atoms with Crippen LogP contribution in [-0.2, 0) is 25.8 Å². The normalized spacial score (nSPS) is 13.9. The highest BCUT2D eigenvalue weighted by atomic mass is 32.1. The van der Waals surface area contributed by atoms with Gasteiger partial charge in [-0.25, -0.2) is 4.98 Å². The third kappa shape index (κ3) is 3.18. The van der Waals surface area contributed by atoms with E-state index in [0.29, 0.717) is 19.0 Å². The maximum absolute atomic E-state index is 13.2. The van der Waals surface area contributed by atoms with Crippen LogP contribution in [0.2, 0.25) is 0 Å². The number of hydrogen-bond acceptors (Lipinski definition) is 5. The standard InChI is InChI=1S/C20H25N3O2S/c1-3-12-23-19(24)17-15-6-4-5-7-16(15)26-18(17)22-20(23)21-11-10-14-9-8-13(2)25-14/h8-9H,3-7,10-12H2,1-2H3,(H,21,22). The van der Waals surface area contributed by atoms with Gasteiger partial charge in [0.1, 0.15) is 16.4 Å². The van der Waals surface area contributed by atoms with Gasteiger partial charge in [0.15, 0.2) is 0 Å². The molecule has 0 radical (unpaired) electrons. The zero-order valence-electron chi connectivity index (χ0n) is 15.4. The maximum atomic E-state index is 13.2. The third-order valence-corrected chi connectivity index (χ3v) is 6.16. The van der Waals surface area contributed by atoms with Gasteiger partial charge in [0.05, 0.1) is 5.39 Å². The second-order valence-corrected chi connectivity index (χ2v) is 8.06. The number of nitrogens with one attached hydrogen (secondary N) is 1. The highest BCUT2D eigenvalue weighted by Crippen LogP contribution is 2.34. The molecular formula is C20H25N3O2S. The van der Waals surface area contributed by atoms with Gasteiger partial charge in [-0.15, -0.1) is 11.3 Å². The van der Waals surface area contributed by atoms with Gasteiger partial charge in [-0.3, -0.25) is 9.36 Å². The summed E-state index contributed by atoms with van der Waals surface area (Å²) >= 11 is 1.71. The summed E-state index contributed by atoms with van der Waals surface area (Å²) < 4.78 is 7.44. The van der Waals surface area contributed by atoms with E-state index in [9.17, 15) is 4.79 Å². The SMILES string of the molecule is CCCn1c(NCCc2ccc(C)o2)nc2sc3c(c2c1=O)CCCC3. The molecule has 5 nitrogen and oxygen atoms in total. The van der Waals surface area contributed by atoms with Crippen molar-refractivity contribution < 1.29 is 4.42 Å². The topological polar surface area (TPSA) is 60.1 Å². The fourth-order valence-corrected chi connectivity index (χ4v) is 4.97. The van der Waals surface area contributed by atoms with Crippen LogP contribution in [0.4, 0.5) is 5.95 Å². The lowest BCUT2D eigenvalue weighted by molar-refractivity contribution is 0.486. The fraction of sp³-hybridized carbons (Fsp3) is 0.500. The van der Waals surface area contributed by atoms with Crippen LogP contribution in [0.1, 0.15) is 48.1 Å². The number of aromatic nitrogens is 2. The first-order valence-electron chi connectivity index (χ1n) is 9.51. The Morgan fingerprint density at radius 2 is 2.15 bits per heavy atom. The van der Waals surface area contributed by atoms with Gasteiger partial charge in [0.2, 0.25) is 5.95 Å². The van der Waals surface area contributed by atoms with Crippen molar-refractivity contribution in [1.82, 2.24) is 9.55 Å². The van der Waals surface area contributed by atoms with Crippen molar-refractivity contribution in [3.05, 3.63) is 44.4 Å². The van der Waals surface area contributed by atoms with E-state index in [1.165, 1.54) is 23.3 Å². The Labute approximate surface area is 157 Å². The van der Waals surface area contributed by atoms with Crippen LogP contribution in [0.25, 0.3) is 10.2 Å². The number of nitrogens with zero attached hydrogens (tertiary/aromatic N) is 2. The van der Waals surface area contributed by atoms with Gasteiger partial charge in [0, 0.05) is 24.4 Å². The number of hydrogen-bond donors (Lipinski definition) is 1. The van der Waals surface area contributed by atoms with Crippen molar-refractivity contribution in [2.24, 2.45) is 0 Å². The Morgan fingerprint density at radius 3 is 2.92 bits per heavy atom. The van der Waals surface area contributed by atoms with Crippen LogP contribution < -0.4 is 10.9 Å². The van der Waals surface area contributed by atoms with Crippen LogP contribution in [0.15, 0.2) is 21.3 Å². The van der Waals surface area contributed by atoms with Gasteiger partial charge in [-0.05, 0) is 56.7 Å². The molecule has 0 unspecified atom stereocenters. The van der Waals surface area contributed by atoms with Crippen LogP contribution in [0, 0.1) is 6.92 Å². The summed E-state index contributed by atoms with van der Waals surface area (Å²) in [7, 11) is 0. The van der Waals surface area contributed by atoms with E-state index in [0.717, 1.165) is 47.4 Å². The summed E-state index contributed by atoms with van der Waals surface area (Å²) in [6, 6.07) is 3.98. The number of aryl methyl sites for hydroxylation is 3. The molecule has 0 fully saturated rings. The molecule has 0 bridgehead atoms. The molecule has 1 aliphatic rings. The Bertz CT molecular complexity index is 983. The molecule has 4 rings (SSSR count). The van der Waals surface area contributed by atoms with Crippen LogP contribution >= 0.6 is 11.3 Å². The number of rotatable bonds is 6. The predicted octanol–water partition coefficient (Wildman–Crippen LogP) is 4.30. The number of thiophene rings is 1. The van der Waals surface area contributed by atoms with Gasteiger partial charge < -0.3 is 9.73 Å². The first-order chi connectivity index (χ1) is 12.7.